The van der Waals surface area contributed by atoms with E-state index < -0.39 is 30.3 Å². The summed E-state index contributed by atoms with van der Waals surface area (Å²) in [5.74, 6) is -0.749. The van der Waals surface area contributed by atoms with Crippen LogP contribution in [0.5, 0.6) is 0 Å². The standard InChI is InChI=1S/C7H13F3N2O2/c1-6(2,11)5(14)12-3-4(13)7(8,9)10/h4,13H,3,11H2,1-2H3,(H,12,14). The maximum absolute atomic E-state index is 11.8. The molecule has 0 aromatic heterocycles. The molecule has 4 N–H and O–H groups in total. The second kappa shape index (κ2) is 4.14. The molecule has 4 nitrogen and oxygen atoms in total. The van der Waals surface area contributed by atoms with Crippen molar-refractivity contribution >= 4 is 5.91 Å². The molecule has 0 radical (unpaired) electrons. The molecule has 0 saturated carbocycles. The minimum atomic E-state index is -4.73. The maximum Gasteiger partial charge on any atom is 0.416 e. The summed E-state index contributed by atoms with van der Waals surface area (Å²) in [7, 11) is 0. The number of amides is 1. The quantitative estimate of drug-likeness (QED) is 0.607. The normalized spacial score (nSPS) is 15.1. The molecule has 14 heavy (non-hydrogen) atoms. The minimum absolute atomic E-state index is 0.749. The minimum Gasteiger partial charge on any atom is -0.382 e. The molecule has 0 fully saturated rings. The summed E-state index contributed by atoms with van der Waals surface area (Å²) in [6, 6.07) is 0. The first-order valence-electron chi connectivity index (χ1n) is 3.87. The van der Waals surface area contributed by atoms with Crippen LogP contribution in [0.3, 0.4) is 0 Å². The first kappa shape index (κ1) is 13.2. The molecule has 0 saturated heterocycles. The van der Waals surface area contributed by atoms with Gasteiger partial charge in [0.25, 0.3) is 0 Å². The highest BCUT2D eigenvalue weighted by Crippen LogP contribution is 2.19. The van der Waals surface area contributed by atoms with Crippen LogP contribution in [0, 0.1) is 0 Å². The van der Waals surface area contributed by atoms with Crippen molar-refractivity contribution in [2.45, 2.75) is 31.7 Å². The molecule has 0 aliphatic heterocycles. The number of nitrogens with one attached hydrogen (secondary N) is 1. The Morgan fingerprint density at radius 2 is 1.93 bits per heavy atom. The van der Waals surface area contributed by atoms with Gasteiger partial charge in [-0.2, -0.15) is 13.2 Å². The number of alkyl halides is 3. The molecule has 1 unspecified atom stereocenters. The number of rotatable bonds is 3. The second-order valence-corrected chi connectivity index (χ2v) is 3.49. The predicted octanol–water partition coefficient (Wildman–Crippen LogP) is -0.237. The Hall–Kier alpha value is -0.820. The van der Waals surface area contributed by atoms with E-state index in [0.29, 0.717) is 0 Å². The van der Waals surface area contributed by atoms with Crippen LogP contribution in [0.1, 0.15) is 13.8 Å². The van der Waals surface area contributed by atoms with Gasteiger partial charge < -0.3 is 16.2 Å². The van der Waals surface area contributed by atoms with Gasteiger partial charge in [0.1, 0.15) is 0 Å². The Labute approximate surface area is 79.3 Å². The van der Waals surface area contributed by atoms with Gasteiger partial charge in [-0.15, -0.1) is 0 Å². The zero-order valence-corrected chi connectivity index (χ0v) is 7.85. The van der Waals surface area contributed by atoms with Gasteiger partial charge in [-0.25, -0.2) is 0 Å². The topological polar surface area (TPSA) is 75.4 Å². The van der Waals surface area contributed by atoms with Crippen molar-refractivity contribution in [3.8, 4) is 0 Å². The van der Waals surface area contributed by atoms with Crippen molar-refractivity contribution in [2.75, 3.05) is 6.54 Å². The van der Waals surface area contributed by atoms with Crippen molar-refractivity contribution in [1.29, 1.82) is 0 Å². The van der Waals surface area contributed by atoms with Crippen LogP contribution in [0.4, 0.5) is 13.2 Å². The Morgan fingerprint density at radius 1 is 1.50 bits per heavy atom. The number of carbonyl (C=O) groups excluding carboxylic acids is 1. The Balaban J connectivity index is 4.03. The number of nitrogens with two attached hydrogens (primary N) is 1. The lowest BCUT2D eigenvalue weighted by Gasteiger charge is -2.20. The zero-order valence-electron chi connectivity index (χ0n) is 7.85. The lowest BCUT2D eigenvalue weighted by molar-refractivity contribution is -0.202. The SMILES string of the molecule is CC(C)(N)C(=O)NCC(O)C(F)(F)F. The van der Waals surface area contributed by atoms with E-state index in [1.54, 1.807) is 0 Å². The molecule has 0 heterocycles. The van der Waals surface area contributed by atoms with Crippen molar-refractivity contribution in [3.63, 3.8) is 0 Å². The average Bonchev–Trinajstić information content (AvgIpc) is 1.95. The first-order chi connectivity index (χ1) is 6.05. The fourth-order valence-electron chi connectivity index (χ4n) is 0.533. The molecular formula is C7H13F3N2O2. The molecule has 0 aromatic carbocycles. The van der Waals surface area contributed by atoms with Crippen LogP contribution in [0.2, 0.25) is 0 Å². The Bertz CT molecular complexity index is 210. The summed E-state index contributed by atoms with van der Waals surface area (Å²) in [6.07, 6.45) is -7.29. The van der Waals surface area contributed by atoms with Crippen LogP contribution in [-0.2, 0) is 4.79 Å². The van der Waals surface area contributed by atoms with Crippen molar-refractivity contribution in [1.82, 2.24) is 5.32 Å². The van der Waals surface area contributed by atoms with Gasteiger partial charge in [0.05, 0.1) is 12.1 Å². The highest BCUT2D eigenvalue weighted by molar-refractivity contribution is 5.85. The lowest BCUT2D eigenvalue weighted by atomic mass is 10.1. The van der Waals surface area contributed by atoms with Crippen LogP contribution in [-0.4, -0.2) is 35.4 Å². The number of aliphatic hydroxyl groups is 1. The maximum atomic E-state index is 11.8. The predicted molar refractivity (Wildman–Crippen MR) is 43.3 cm³/mol. The molecule has 1 atom stereocenters. The monoisotopic (exact) mass is 214 g/mol. The number of aliphatic hydroxyl groups excluding tert-OH is 1. The van der Waals surface area contributed by atoms with Gasteiger partial charge in [-0.05, 0) is 13.8 Å². The van der Waals surface area contributed by atoms with Gasteiger partial charge in [-0.1, -0.05) is 0 Å². The van der Waals surface area contributed by atoms with E-state index in [0.717, 1.165) is 0 Å². The third-order valence-corrected chi connectivity index (χ3v) is 1.42. The second-order valence-electron chi connectivity index (χ2n) is 3.49. The molecule has 7 heteroatoms. The van der Waals surface area contributed by atoms with Crippen molar-refractivity contribution in [3.05, 3.63) is 0 Å². The number of hydrogen-bond donors (Lipinski definition) is 3. The molecule has 0 rings (SSSR count). The van der Waals surface area contributed by atoms with Crippen molar-refractivity contribution < 1.29 is 23.1 Å². The smallest absolute Gasteiger partial charge is 0.382 e. The Kier molecular flexibility index (Phi) is 3.90. The summed E-state index contributed by atoms with van der Waals surface area (Å²) in [4.78, 5) is 11.0. The molecule has 0 aliphatic rings. The molecule has 84 valence electrons. The summed E-state index contributed by atoms with van der Waals surface area (Å²) >= 11 is 0. The van der Waals surface area contributed by atoms with Gasteiger partial charge in [-0.3, -0.25) is 4.79 Å². The molecular weight excluding hydrogens is 201 g/mol. The van der Waals surface area contributed by atoms with E-state index in [1.165, 1.54) is 13.8 Å². The molecule has 1 amide bonds. The number of halogens is 3. The fraction of sp³-hybridized carbons (Fsp3) is 0.857. The molecule has 0 spiro atoms. The largest absolute Gasteiger partial charge is 0.416 e. The van der Waals surface area contributed by atoms with Crippen LogP contribution < -0.4 is 11.1 Å². The zero-order chi connectivity index (χ0) is 11.6. The van der Waals surface area contributed by atoms with Gasteiger partial charge >= 0.3 is 6.18 Å². The Morgan fingerprint density at radius 3 is 2.21 bits per heavy atom. The van der Waals surface area contributed by atoms with E-state index in [4.69, 9.17) is 10.8 Å². The third-order valence-electron chi connectivity index (χ3n) is 1.42. The molecule has 0 aromatic rings. The highest BCUT2D eigenvalue weighted by atomic mass is 19.4. The summed E-state index contributed by atoms with van der Waals surface area (Å²) < 4.78 is 35.3. The van der Waals surface area contributed by atoms with E-state index >= 15 is 0 Å². The fourth-order valence-corrected chi connectivity index (χ4v) is 0.533. The molecule has 0 bridgehead atoms. The van der Waals surface area contributed by atoms with E-state index in [1.807, 2.05) is 5.32 Å². The summed E-state index contributed by atoms with van der Waals surface area (Å²) in [5.41, 5.74) is 4.04. The van der Waals surface area contributed by atoms with Gasteiger partial charge in [0, 0.05) is 0 Å². The molecule has 0 aliphatic carbocycles. The van der Waals surface area contributed by atoms with Crippen LogP contribution in [0.25, 0.3) is 0 Å². The first-order valence-corrected chi connectivity index (χ1v) is 3.87. The lowest BCUT2D eigenvalue weighted by Crippen LogP contribution is -2.52. The van der Waals surface area contributed by atoms with Gasteiger partial charge in [0.2, 0.25) is 5.91 Å². The van der Waals surface area contributed by atoms with Crippen molar-refractivity contribution in [2.24, 2.45) is 5.73 Å². The van der Waals surface area contributed by atoms with Crippen LogP contribution in [0.15, 0.2) is 0 Å². The number of hydrogen-bond acceptors (Lipinski definition) is 3. The van der Waals surface area contributed by atoms with E-state index in [-0.39, 0.29) is 0 Å². The number of carbonyl (C=O) groups is 1. The average molecular weight is 214 g/mol. The van der Waals surface area contributed by atoms with Crippen LogP contribution >= 0.6 is 0 Å². The van der Waals surface area contributed by atoms with Gasteiger partial charge in [0.15, 0.2) is 6.10 Å². The third kappa shape index (κ3) is 4.43. The van der Waals surface area contributed by atoms with E-state index in [9.17, 15) is 18.0 Å². The highest BCUT2D eigenvalue weighted by Gasteiger charge is 2.38. The summed E-state index contributed by atoms with van der Waals surface area (Å²) in [6.45, 7) is 1.81. The summed E-state index contributed by atoms with van der Waals surface area (Å²) in [5, 5.41) is 10.4. The van der Waals surface area contributed by atoms with E-state index in [2.05, 4.69) is 0 Å².